The zero-order valence-electron chi connectivity index (χ0n) is 21.3. The van der Waals surface area contributed by atoms with E-state index < -0.39 is 7.14 Å². The number of nitrogens with zero attached hydrogens (tertiary/aromatic N) is 7. The molecule has 1 aliphatic heterocycles. The minimum absolute atomic E-state index is 0.188. The van der Waals surface area contributed by atoms with E-state index in [1.165, 1.54) is 11.9 Å². The van der Waals surface area contributed by atoms with Crippen molar-refractivity contribution in [2.24, 2.45) is 0 Å². The highest BCUT2D eigenvalue weighted by Crippen LogP contribution is 2.34. The molecule has 2 aromatic heterocycles. The van der Waals surface area contributed by atoms with Crippen molar-refractivity contribution in [2.45, 2.75) is 19.4 Å². The Bertz CT molecular complexity index is 1380. The predicted molar refractivity (Wildman–Crippen MR) is 149 cm³/mol. The van der Waals surface area contributed by atoms with E-state index in [1.807, 2.05) is 54.9 Å². The second kappa shape index (κ2) is 10.6. The zero-order chi connectivity index (χ0) is 25.8. The van der Waals surface area contributed by atoms with E-state index >= 15 is 0 Å². The Morgan fingerprint density at radius 1 is 0.892 bits per heavy atom. The minimum atomic E-state index is -2.29. The standard InChI is InChI=1S/C27H31N8OP/c1-20-18-34(13-14-35(20)26-28-16-22(17-29-26)15-21-7-5-4-6-8-21)27-31-19-30-25(33-27)32-23-9-11-24(12-10-23)37(2,3)36/h4-12,16-17,19-20H,13-15,18H2,1-3H3,(H,30,31,32,33). The summed E-state index contributed by atoms with van der Waals surface area (Å²) in [5.41, 5.74) is 3.18. The molecule has 4 aromatic rings. The Kier molecular flexibility index (Phi) is 7.15. The van der Waals surface area contributed by atoms with Gasteiger partial charge in [0.05, 0.1) is 0 Å². The van der Waals surface area contributed by atoms with Crippen LogP contribution in [0.3, 0.4) is 0 Å². The Morgan fingerprint density at radius 3 is 2.30 bits per heavy atom. The number of hydrogen-bond donors (Lipinski definition) is 1. The summed E-state index contributed by atoms with van der Waals surface area (Å²) < 4.78 is 12.3. The molecular weight excluding hydrogens is 483 g/mol. The molecule has 1 unspecified atom stereocenters. The summed E-state index contributed by atoms with van der Waals surface area (Å²) in [7, 11) is -2.29. The molecule has 0 bridgehead atoms. The molecule has 0 saturated carbocycles. The number of piperazine rings is 1. The molecule has 0 amide bonds. The highest BCUT2D eigenvalue weighted by atomic mass is 31.2. The molecule has 1 N–H and O–H groups in total. The van der Waals surface area contributed by atoms with Gasteiger partial charge in [-0.05, 0) is 55.6 Å². The quantitative estimate of drug-likeness (QED) is 0.367. The highest BCUT2D eigenvalue weighted by Gasteiger charge is 2.27. The van der Waals surface area contributed by atoms with Crippen molar-refractivity contribution in [3.8, 4) is 0 Å². The monoisotopic (exact) mass is 514 g/mol. The first-order valence-electron chi connectivity index (χ1n) is 12.3. The number of nitrogens with one attached hydrogen (secondary N) is 1. The van der Waals surface area contributed by atoms with E-state index in [-0.39, 0.29) is 6.04 Å². The molecule has 9 nitrogen and oxygen atoms in total. The Labute approximate surface area is 217 Å². The third-order valence-electron chi connectivity index (χ3n) is 6.41. The lowest BCUT2D eigenvalue weighted by Crippen LogP contribution is -2.53. The van der Waals surface area contributed by atoms with E-state index in [4.69, 9.17) is 0 Å². The molecule has 1 fully saturated rings. The Balaban J connectivity index is 1.21. The van der Waals surface area contributed by atoms with Crippen LogP contribution in [0.5, 0.6) is 0 Å². The number of aromatic nitrogens is 5. The molecule has 2 aromatic carbocycles. The van der Waals surface area contributed by atoms with Gasteiger partial charge in [-0.3, -0.25) is 0 Å². The average Bonchev–Trinajstić information content (AvgIpc) is 2.90. The first-order chi connectivity index (χ1) is 17.8. The molecule has 10 heteroatoms. The molecule has 0 radical (unpaired) electrons. The van der Waals surface area contributed by atoms with Crippen molar-refractivity contribution in [1.82, 2.24) is 24.9 Å². The lowest BCUT2D eigenvalue weighted by atomic mass is 10.1. The summed E-state index contributed by atoms with van der Waals surface area (Å²) in [6.45, 7) is 7.96. The SMILES string of the molecule is CC1CN(c2ncnc(Nc3ccc(P(C)(C)=O)cc3)n2)CCN1c1ncc(Cc2ccccc2)cn1. The van der Waals surface area contributed by atoms with Gasteiger partial charge in [-0.1, -0.05) is 30.3 Å². The van der Waals surface area contributed by atoms with E-state index in [2.05, 4.69) is 59.1 Å². The summed E-state index contributed by atoms with van der Waals surface area (Å²) in [4.78, 5) is 27.0. The molecule has 190 valence electrons. The van der Waals surface area contributed by atoms with Crippen molar-refractivity contribution in [1.29, 1.82) is 0 Å². The van der Waals surface area contributed by atoms with Gasteiger partial charge >= 0.3 is 0 Å². The first-order valence-corrected chi connectivity index (χ1v) is 14.9. The molecule has 1 aliphatic rings. The second-order valence-electron chi connectivity index (χ2n) is 9.67. The fraction of sp³-hybridized carbons (Fsp3) is 0.296. The van der Waals surface area contributed by atoms with Crippen LogP contribution < -0.4 is 20.4 Å². The molecule has 5 rings (SSSR count). The molecule has 0 aliphatic carbocycles. The normalized spacial score (nSPS) is 16.0. The molecule has 1 atom stereocenters. The van der Waals surface area contributed by atoms with Crippen molar-refractivity contribution in [2.75, 3.05) is 48.1 Å². The van der Waals surface area contributed by atoms with Gasteiger partial charge < -0.3 is 19.7 Å². The van der Waals surface area contributed by atoms with E-state index in [9.17, 15) is 4.57 Å². The van der Waals surface area contributed by atoms with Crippen LogP contribution in [0.2, 0.25) is 0 Å². The van der Waals surface area contributed by atoms with Crippen molar-refractivity contribution in [3.05, 3.63) is 84.4 Å². The topological polar surface area (TPSA) is 100 Å². The molecule has 0 spiro atoms. The van der Waals surface area contributed by atoms with Gasteiger partial charge in [0.15, 0.2) is 0 Å². The Hall–Kier alpha value is -3.84. The third-order valence-corrected chi connectivity index (χ3v) is 7.96. The van der Waals surface area contributed by atoms with Gasteiger partial charge in [-0.15, -0.1) is 0 Å². The maximum absolute atomic E-state index is 12.3. The van der Waals surface area contributed by atoms with Crippen LogP contribution >= 0.6 is 7.14 Å². The number of anilines is 4. The van der Waals surface area contributed by atoms with Crippen LogP contribution in [-0.4, -0.2) is 63.9 Å². The minimum Gasteiger partial charge on any atom is -0.337 e. The summed E-state index contributed by atoms with van der Waals surface area (Å²) in [6.07, 6.45) is 6.19. The van der Waals surface area contributed by atoms with Crippen LogP contribution in [0.25, 0.3) is 0 Å². The lowest BCUT2D eigenvalue weighted by molar-refractivity contribution is 0.533. The van der Waals surface area contributed by atoms with Crippen LogP contribution in [-0.2, 0) is 11.0 Å². The van der Waals surface area contributed by atoms with Gasteiger partial charge in [-0.2, -0.15) is 4.98 Å². The second-order valence-corrected chi connectivity index (χ2v) is 12.9. The molecule has 1 saturated heterocycles. The van der Waals surface area contributed by atoms with Gasteiger partial charge in [0.1, 0.15) is 13.5 Å². The summed E-state index contributed by atoms with van der Waals surface area (Å²) in [5.74, 6) is 1.85. The van der Waals surface area contributed by atoms with Crippen molar-refractivity contribution in [3.63, 3.8) is 0 Å². The predicted octanol–water partition coefficient (Wildman–Crippen LogP) is 3.96. The molecule has 3 heterocycles. The lowest BCUT2D eigenvalue weighted by Gasteiger charge is -2.39. The smallest absolute Gasteiger partial charge is 0.231 e. The van der Waals surface area contributed by atoms with Crippen molar-refractivity contribution < 1.29 is 4.57 Å². The van der Waals surface area contributed by atoms with Crippen molar-refractivity contribution >= 4 is 36.0 Å². The maximum Gasteiger partial charge on any atom is 0.231 e. The van der Waals surface area contributed by atoms with Crippen LogP contribution in [0, 0.1) is 0 Å². The van der Waals surface area contributed by atoms with Crippen LogP contribution in [0.4, 0.5) is 23.5 Å². The number of benzene rings is 2. The number of rotatable bonds is 7. The fourth-order valence-corrected chi connectivity index (χ4v) is 5.26. The number of hydrogen-bond acceptors (Lipinski definition) is 9. The summed E-state index contributed by atoms with van der Waals surface area (Å²) >= 11 is 0. The highest BCUT2D eigenvalue weighted by molar-refractivity contribution is 7.70. The van der Waals surface area contributed by atoms with Gasteiger partial charge in [0, 0.05) is 55.5 Å². The van der Waals surface area contributed by atoms with Gasteiger partial charge in [0.25, 0.3) is 0 Å². The van der Waals surface area contributed by atoms with Gasteiger partial charge in [-0.25, -0.2) is 19.9 Å². The van der Waals surface area contributed by atoms with Crippen LogP contribution in [0.15, 0.2) is 73.3 Å². The van der Waals surface area contributed by atoms with E-state index in [0.29, 0.717) is 11.9 Å². The van der Waals surface area contributed by atoms with Gasteiger partial charge in [0.2, 0.25) is 17.8 Å². The third kappa shape index (κ3) is 6.12. The van der Waals surface area contributed by atoms with E-state index in [0.717, 1.165) is 48.6 Å². The summed E-state index contributed by atoms with van der Waals surface area (Å²) in [6, 6.07) is 18.1. The largest absolute Gasteiger partial charge is 0.337 e. The maximum atomic E-state index is 12.3. The molecular formula is C27H31N8OP. The van der Waals surface area contributed by atoms with E-state index in [1.54, 1.807) is 13.3 Å². The Morgan fingerprint density at radius 2 is 1.62 bits per heavy atom. The summed E-state index contributed by atoms with van der Waals surface area (Å²) in [5, 5.41) is 4.07. The fourth-order valence-electron chi connectivity index (χ4n) is 4.39. The van der Waals surface area contributed by atoms with Crippen LogP contribution in [0.1, 0.15) is 18.1 Å². The average molecular weight is 515 g/mol. The molecule has 37 heavy (non-hydrogen) atoms. The zero-order valence-corrected chi connectivity index (χ0v) is 22.2. The first kappa shape index (κ1) is 24.8.